The van der Waals surface area contributed by atoms with Crippen LogP contribution in [-0.2, 0) is 9.59 Å². The Morgan fingerprint density at radius 3 is 2.41 bits per heavy atom. The Hall–Kier alpha value is -2.83. The topological polar surface area (TPSA) is 132 Å². The second-order valence-corrected chi connectivity index (χ2v) is 9.90. The van der Waals surface area contributed by atoms with Crippen LogP contribution < -0.4 is 15.4 Å². The Bertz CT molecular complexity index is 864. The second kappa shape index (κ2) is 11.7. The van der Waals surface area contributed by atoms with Crippen molar-refractivity contribution in [2.45, 2.75) is 65.9 Å². The van der Waals surface area contributed by atoms with Crippen molar-refractivity contribution >= 4 is 25.0 Å². The van der Waals surface area contributed by atoms with Crippen LogP contribution in [0.25, 0.3) is 6.08 Å². The van der Waals surface area contributed by atoms with Crippen molar-refractivity contribution in [2.24, 2.45) is 5.41 Å². The molecule has 32 heavy (non-hydrogen) atoms. The maximum absolute atomic E-state index is 12.2. The first-order valence-corrected chi connectivity index (χ1v) is 10.5. The van der Waals surface area contributed by atoms with Crippen LogP contribution in [0.5, 0.6) is 5.75 Å². The zero-order valence-corrected chi connectivity index (χ0v) is 19.7. The van der Waals surface area contributed by atoms with E-state index in [1.165, 1.54) is 6.08 Å². The largest absolute Gasteiger partial charge is 0.493 e. The average molecular weight is 443 g/mol. The number of amides is 2. The van der Waals surface area contributed by atoms with Crippen LogP contribution in [0.1, 0.15) is 59.9 Å². The molecule has 0 bridgehead atoms. The fourth-order valence-corrected chi connectivity index (χ4v) is 2.85. The molecule has 0 fully saturated rings. The van der Waals surface area contributed by atoms with E-state index < -0.39 is 24.5 Å². The van der Waals surface area contributed by atoms with Crippen molar-refractivity contribution < 1.29 is 24.4 Å². The third-order valence-electron chi connectivity index (χ3n) is 4.16. The number of ether oxygens (including phenoxy) is 1. The predicted molar refractivity (Wildman–Crippen MR) is 124 cm³/mol. The van der Waals surface area contributed by atoms with Crippen LogP contribution in [-0.4, -0.2) is 47.1 Å². The van der Waals surface area contributed by atoms with Gasteiger partial charge in [0, 0.05) is 5.54 Å². The Morgan fingerprint density at radius 2 is 1.88 bits per heavy atom. The molecule has 1 aromatic rings. The van der Waals surface area contributed by atoms with Crippen LogP contribution in [0, 0.1) is 16.7 Å². The molecule has 0 unspecified atom stereocenters. The third kappa shape index (κ3) is 11.0. The smallest absolute Gasteiger partial charge is 0.475 e. The number of benzene rings is 1. The molecule has 0 saturated carbocycles. The minimum Gasteiger partial charge on any atom is -0.493 e. The summed E-state index contributed by atoms with van der Waals surface area (Å²) in [6.45, 7) is 11.4. The van der Waals surface area contributed by atoms with Gasteiger partial charge in [0.05, 0.1) is 19.0 Å². The maximum Gasteiger partial charge on any atom is 0.475 e. The molecule has 1 aromatic carbocycles. The third-order valence-corrected chi connectivity index (χ3v) is 4.16. The van der Waals surface area contributed by atoms with Crippen molar-refractivity contribution in [3.8, 4) is 11.8 Å². The molecule has 174 valence electrons. The molecule has 2 amide bonds. The van der Waals surface area contributed by atoms with E-state index in [-0.39, 0.29) is 29.9 Å². The molecule has 9 heteroatoms. The molecule has 0 aliphatic rings. The Kier molecular flexibility index (Phi) is 9.95. The number of nitriles is 1. The van der Waals surface area contributed by atoms with E-state index >= 15 is 0 Å². The van der Waals surface area contributed by atoms with E-state index in [9.17, 15) is 24.9 Å². The summed E-state index contributed by atoms with van der Waals surface area (Å²) in [5.74, 6) is -1.10. The quantitative estimate of drug-likeness (QED) is 0.263. The standard InChI is InChI=1S/C23H34BN3O5/c1-22(2,3)14-19(24(30)31)26-20(28)10-11-32-18-9-7-8-16(13-18)12-17(15-25)21(29)27-23(4,5)6/h7-9,12-13,19,30-31H,10-11,14H2,1-6H3,(H,26,28)(H,27,29)/t19-/m0/s1. The zero-order valence-electron chi connectivity index (χ0n) is 19.7. The summed E-state index contributed by atoms with van der Waals surface area (Å²) in [6.07, 6.45) is 1.92. The van der Waals surface area contributed by atoms with E-state index in [1.54, 1.807) is 24.3 Å². The van der Waals surface area contributed by atoms with Gasteiger partial charge in [-0.25, -0.2) is 0 Å². The molecule has 8 nitrogen and oxygen atoms in total. The lowest BCUT2D eigenvalue weighted by Gasteiger charge is -2.26. The molecule has 0 heterocycles. The molecule has 0 spiro atoms. The fraction of sp³-hybridized carbons (Fsp3) is 0.522. The summed E-state index contributed by atoms with van der Waals surface area (Å²) in [5, 5.41) is 33.7. The number of rotatable bonds is 9. The molecule has 0 radical (unpaired) electrons. The first-order valence-electron chi connectivity index (χ1n) is 10.5. The van der Waals surface area contributed by atoms with Crippen LogP contribution in [0.15, 0.2) is 29.8 Å². The van der Waals surface area contributed by atoms with Crippen molar-refractivity contribution in [3.05, 3.63) is 35.4 Å². The minimum atomic E-state index is -1.65. The van der Waals surface area contributed by atoms with E-state index in [4.69, 9.17) is 4.74 Å². The van der Waals surface area contributed by atoms with Crippen LogP contribution in [0.4, 0.5) is 0 Å². The normalized spacial score (nSPS) is 13.0. The van der Waals surface area contributed by atoms with Crippen LogP contribution >= 0.6 is 0 Å². The van der Waals surface area contributed by atoms with Gasteiger partial charge in [0.2, 0.25) is 5.91 Å². The van der Waals surface area contributed by atoms with Gasteiger partial charge in [-0.15, -0.1) is 0 Å². The lowest BCUT2D eigenvalue weighted by Crippen LogP contribution is -2.48. The number of carbonyl (C=O) groups is 2. The van der Waals surface area contributed by atoms with E-state index in [0.717, 1.165) is 0 Å². The Labute approximate surface area is 190 Å². The molecule has 0 saturated heterocycles. The van der Waals surface area contributed by atoms with Gasteiger partial charge < -0.3 is 25.4 Å². The lowest BCUT2D eigenvalue weighted by molar-refractivity contribution is -0.122. The highest BCUT2D eigenvalue weighted by molar-refractivity contribution is 6.43. The van der Waals surface area contributed by atoms with Crippen molar-refractivity contribution in [2.75, 3.05) is 6.61 Å². The summed E-state index contributed by atoms with van der Waals surface area (Å²) < 4.78 is 5.62. The summed E-state index contributed by atoms with van der Waals surface area (Å²) in [5.41, 5.74) is -0.0561. The van der Waals surface area contributed by atoms with Gasteiger partial charge in [-0.2, -0.15) is 5.26 Å². The first-order chi connectivity index (χ1) is 14.7. The molecule has 4 N–H and O–H groups in total. The molecule has 0 aromatic heterocycles. The van der Waals surface area contributed by atoms with Crippen LogP contribution in [0.3, 0.4) is 0 Å². The Balaban J connectivity index is 2.70. The second-order valence-electron chi connectivity index (χ2n) is 9.90. The van der Waals surface area contributed by atoms with Crippen molar-refractivity contribution in [3.63, 3.8) is 0 Å². The van der Waals surface area contributed by atoms with E-state index in [1.807, 2.05) is 47.6 Å². The van der Waals surface area contributed by atoms with Gasteiger partial charge in [-0.05, 0) is 56.4 Å². The number of hydrogen-bond acceptors (Lipinski definition) is 6. The van der Waals surface area contributed by atoms with E-state index in [2.05, 4.69) is 10.6 Å². The van der Waals surface area contributed by atoms with Gasteiger partial charge in [0.15, 0.2) is 0 Å². The average Bonchev–Trinajstić information content (AvgIpc) is 2.63. The number of hydrogen-bond donors (Lipinski definition) is 4. The molecule has 0 aliphatic carbocycles. The van der Waals surface area contributed by atoms with Gasteiger partial charge in [0.1, 0.15) is 17.4 Å². The highest BCUT2D eigenvalue weighted by atomic mass is 16.5. The van der Waals surface area contributed by atoms with Gasteiger partial charge in [-0.3, -0.25) is 9.59 Å². The molecule has 1 rings (SSSR count). The lowest BCUT2D eigenvalue weighted by atomic mass is 9.71. The molecular formula is C23H34BN3O5. The Morgan fingerprint density at radius 1 is 1.22 bits per heavy atom. The number of nitrogens with zero attached hydrogens (tertiary/aromatic N) is 1. The number of nitrogens with one attached hydrogen (secondary N) is 2. The summed E-state index contributed by atoms with van der Waals surface area (Å²) in [7, 11) is -1.65. The van der Waals surface area contributed by atoms with Gasteiger partial charge in [-0.1, -0.05) is 32.9 Å². The zero-order chi connectivity index (χ0) is 24.5. The predicted octanol–water partition coefficient (Wildman–Crippen LogP) is 2.21. The molecule has 1 atom stereocenters. The number of carbonyl (C=O) groups excluding carboxylic acids is 2. The monoisotopic (exact) mass is 443 g/mol. The van der Waals surface area contributed by atoms with Crippen molar-refractivity contribution in [1.82, 2.24) is 10.6 Å². The van der Waals surface area contributed by atoms with Crippen LogP contribution in [0.2, 0.25) is 0 Å². The van der Waals surface area contributed by atoms with Gasteiger partial charge >= 0.3 is 7.12 Å². The van der Waals surface area contributed by atoms with Crippen molar-refractivity contribution in [1.29, 1.82) is 5.26 Å². The highest BCUT2D eigenvalue weighted by Crippen LogP contribution is 2.21. The SMILES string of the molecule is CC(C)(C)C[C@H](NC(=O)CCOc1cccc(C=C(C#N)C(=O)NC(C)(C)C)c1)B(O)O. The highest BCUT2D eigenvalue weighted by Gasteiger charge is 2.29. The fourth-order valence-electron chi connectivity index (χ4n) is 2.85. The first kappa shape index (κ1) is 27.2. The van der Waals surface area contributed by atoms with E-state index in [0.29, 0.717) is 17.7 Å². The minimum absolute atomic E-state index is 0.0242. The van der Waals surface area contributed by atoms with Gasteiger partial charge in [0.25, 0.3) is 5.91 Å². The molecular weight excluding hydrogens is 409 g/mol. The summed E-state index contributed by atoms with van der Waals surface area (Å²) in [4.78, 5) is 24.4. The maximum atomic E-state index is 12.2. The summed E-state index contributed by atoms with van der Waals surface area (Å²) >= 11 is 0. The summed E-state index contributed by atoms with van der Waals surface area (Å²) in [6, 6.07) is 8.74. The molecule has 0 aliphatic heterocycles.